The standard InChI is InChI=1S/C19H30O/c1-14(2)9-16-7-6-8-17(10-16)19(20)12-15(3)11-18(4,5)13-19/h6-8,10,14-15,20H,9,11-13H2,1-5H3. The minimum Gasteiger partial charge on any atom is -0.385 e. The quantitative estimate of drug-likeness (QED) is 0.829. The van der Waals surface area contributed by atoms with E-state index in [1.54, 1.807) is 0 Å². The Labute approximate surface area is 124 Å². The lowest BCUT2D eigenvalue weighted by Crippen LogP contribution is -2.40. The largest absolute Gasteiger partial charge is 0.385 e. The molecule has 1 heteroatoms. The average Bonchev–Trinajstić information content (AvgIpc) is 2.24. The summed E-state index contributed by atoms with van der Waals surface area (Å²) in [6, 6.07) is 8.63. The Hall–Kier alpha value is -0.820. The number of rotatable bonds is 3. The van der Waals surface area contributed by atoms with E-state index >= 15 is 0 Å². The van der Waals surface area contributed by atoms with Gasteiger partial charge in [0.05, 0.1) is 5.60 Å². The lowest BCUT2D eigenvalue weighted by atomic mass is 9.64. The van der Waals surface area contributed by atoms with Crippen LogP contribution in [0.3, 0.4) is 0 Å². The third-order valence-electron chi connectivity index (χ3n) is 4.47. The molecule has 112 valence electrons. The maximum absolute atomic E-state index is 11.2. The molecule has 1 saturated carbocycles. The van der Waals surface area contributed by atoms with Gasteiger partial charge in [-0.25, -0.2) is 0 Å². The molecule has 1 N–H and O–H groups in total. The Kier molecular flexibility index (Phi) is 4.30. The van der Waals surface area contributed by atoms with Crippen LogP contribution < -0.4 is 0 Å². The highest BCUT2D eigenvalue weighted by atomic mass is 16.3. The first-order valence-electron chi connectivity index (χ1n) is 8.02. The molecule has 0 aliphatic heterocycles. The van der Waals surface area contributed by atoms with Crippen molar-refractivity contribution in [2.24, 2.45) is 17.3 Å². The van der Waals surface area contributed by atoms with Gasteiger partial charge in [0, 0.05) is 0 Å². The summed E-state index contributed by atoms with van der Waals surface area (Å²) in [7, 11) is 0. The van der Waals surface area contributed by atoms with Gasteiger partial charge in [0.2, 0.25) is 0 Å². The van der Waals surface area contributed by atoms with Crippen LogP contribution in [-0.2, 0) is 12.0 Å². The van der Waals surface area contributed by atoms with E-state index in [9.17, 15) is 5.11 Å². The first kappa shape index (κ1) is 15.6. The van der Waals surface area contributed by atoms with Crippen molar-refractivity contribution in [1.29, 1.82) is 0 Å². The Bertz CT molecular complexity index is 461. The van der Waals surface area contributed by atoms with Gasteiger partial charge in [-0.1, -0.05) is 58.9 Å². The molecular formula is C19H30O. The van der Waals surface area contributed by atoms with Gasteiger partial charge in [0.25, 0.3) is 0 Å². The van der Waals surface area contributed by atoms with Gasteiger partial charge < -0.3 is 5.11 Å². The van der Waals surface area contributed by atoms with Gasteiger partial charge >= 0.3 is 0 Å². The summed E-state index contributed by atoms with van der Waals surface area (Å²) in [5, 5.41) is 11.2. The maximum atomic E-state index is 11.2. The molecule has 1 aromatic rings. The molecule has 1 aliphatic carbocycles. The van der Waals surface area contributed by atoms with Crippen LogP contribution in [0.4, 0.5) is 0 Å². The summed E-state index contributed by atoms with van der Waals surface area (Å²) >= 11 is 0. The van der Waals surface area contributed by atoms with Crippen LogP contribution in [0.5, 0.6) is 0 Å². The van der Waals surface area contributed by atoms with Gasteiger partial charge in [-0.3, -0.25) is 0 Å². The van der Waals surface area contributed by atoms with Crippen molar-refractivity contribution in [1.82, 2.24) is 0 Å². The van der Waals surface area contributed by atoms with Crippen LogP contribution in [0.2, 0.25) is 0 Å². The molecule has 1 aromatic carbocycles. The third kappa shape index (κ3) is 3.63. The van der Waals surface area contributed by atoms with E-state index in [4.69, 9.17) is 0 Å². The first-order chi connectivity index (χ1) is 9.20. The van der Waals surface area contributed by atoms with Crippen molar-refractivity contribution in [3.05, 3.63) is 35.4 Å². The van der Waals surface area contributed by atoms with Crippen molar-refractivity contribution < 1.29 is 5.11 Å². The molecule has 2 atom stereocenters. The van der Waals surface area contributed by atoms with Gasteiger partial charge in [-0.2, -0.15) is 0 Å². The highest BCUT2D eigenvalue weighted by Crippen LogP contribution is 2.48. The van der Waals surface area contributed by atoms with Crippen molar-refractivity contribution >= 4 is 0 Å². The van der Waals surface area contributed by atoms with E-state index in [-0.39, 0.29) is 5.41 Å². The molecule has 2 unspecified atom stereocenters. The summed E-state index contributed by atoms with van der Waals surface area (Å²) in [6.45, 7) is 11.3. The summed E-state index contributed by atoms with van der Waals surface area (Å²) < 4.78 is 0. The molecular weight excluding hydrogens is 244 g/mol. The van der Waals surface area contributed by atoms with Crippen LogP contribution in [0.1, 0.15) is 65.0 Å². The van der Waals surface area contributed by atoms with Crippen LogP contribution in [0, 0.1) is 17.3 Å². The van der Waals surface area contributed by atoms with E-state index in [1.807, 2.05) is 0 Å². The minimum atomic E-state index is -0.645. The zero-order valence-electron chi connectivity index (χ0n) is 13.7. The fourth-order valence-electron chi connectivity index (χ4n) is 4.21. The van der Waals surface area contributed by atoms with Crippen molar-refractivity contribution in [2.45, 2.75) is 65.9 Å². The summed E-state index contributed by atoms with van der Waals surface area (Å²) in [5.41, 5.74) is 2.05. The Morgan fingerprint density at radius 1 is 1.25 bits per heavy atom. The molecule has 1 nitrogen and oxygen atoms in total. The highest BCUT2D eigenvalue weighted by molar-refractivity contribution is 5.29. The Morgan fingerprint density at radius 2 is 1.95 bits per heavy atom. The summed E-state index contributed by atoms with van der Waals surface area (Å²) in [4.78, 5) is 0. The second-order valence-corrected chi connectivity index (χ2v) is 8.18. The zero-order valence-corrected chi connectivity index (χ0v) is 13.7. The van der Waals surface area contributed by atoms with Crippen LogP contribution in [-0.4, -0.2) is 5.11 Å². The second kappa shape index (κ2) is 5.52. The van der Waals surface area contributed by atoms with E-state index in [2.05, 4.69) is 58.9 Å². The number of hydrogen-bond donors (Lipinski definition) is 1. The number of hydrogen-bond acceptors (Lipinski definition) is 1. The minimum absolute atomic E-state index is 0.223. The van der Waals surface area contributed by atoms with E-state index < -0.39 is 5.60 Å². The van der Waals surface area contributed by atoms with Gasteiger partial charge in [0.15, 0.2) is 0 Å². The number of benzene rings is 1. The average molecular weight is 274 g/mol. The van der Waals surface area contributed by atoms with Crippen molar-refractivity contribution in [3.63, 3.8) is 0 Å². The number of aliphatic hydroxyl groups is 1. The lowest BCUT2D eigenvalue weighted by molar-refractivity contribution is -0.0635. The first-order valence-corrected chi connectivity index (χ1v) is 8.02. The van der Waals surface area contributed by atoms with Gasteiger partial charge in [-0.15, -0.1) is 0 Å². The molecule has 1 fully saturated rings. The Balaban J connectivity index is 2.29. The maximum Gasteiger partial charge on any atom is 0.0904 e. The van der Waals surface area contributed by atoms with Gasteiger partial charge in [-0.05, 0) is 54.1 Å². The predicted octanol–water partition coefficient (Wildman–Crippen LogP) is 4.92. The molecule has 20 heavy (non-hydrogen) atoms. The van der Waals surface area contributed by atoms with Crippen molar-refractivity contribution in [3.8, 4) is 0 Å². The molecule has 1 aliphatic rings. The molecule has 0 spiro atoms. The van der Waals surface area contributed by atoms with Crippen LogP contribution in [0.15, 0.2) is 24.3 Å². The van der Waals surface area contributed by atoms with Gasteiger partial charge in [0.1, 0.15) is 0 Å². The summed E-state index contributed by atoms with van der Waals surface area (Å²) in [6.07, 6.45) is 4.06. The zero-order chi connectivity index (χ0) is 15.0. The topological polar surface area (TPSA) is 20.2 Å². The molecule has 2 rings (SSSR count). The van der Waals surface area contributed by atoms with Crippen LogP contribution >= 0.6 is 0 Å². The molecule has 0 saturated heterocycles. The third-order valence-corrected chi connectivity index (χ3v) is 4.47. The molecule has 0 amide bonds. The van der Waals surface area contributed by atoms with Crippen molar-refractivity contribution in [2.75, 3.05) is 0 Å². The highest BCUT2D eigenvalue weighted by Gasteiger charge is 2.42. The van der Waals surface area contributed by atoms with Crippen LogP contribution in [0.25, 0.3) is 0 Å². The second-order valence-electron chi connectivity index (χ2n) is 8.18. The normalized spacial score (nSPS) is 29.6. The lowest BCUT2D eigenvalue weighted by Gasteiger charge is -2.45. The van der Waals surface area contributed by atoms with E-state index in [0.717, 1.165) is 24.8 Å². The van der Waals surface area contributed by atoms with E-state index in [1.165, 1.54) is 12.0 Å². The molecule has 0 aromatic heterocycles. The smallest absolute Gasteiger partial charge is 0.0904 e. The molecule has 0 bridgehead atoms. The molecule has 0 radical (unpaired) electrons. The monoisotopic (exact) mass is 274 g/mol. The van der Waals surface area contributed by atoms with E-state index in [0.29, 0.717) is 11.8 Å². The Morgan fingerprint density at radius 3 is 2.55 bits per heavy atom. The predicted molar refractivity (Wildman–Crippen MR) is 85.7 cm³/mol. The molecule has 0 heterocycles. The summed E-state index contributed by atoms with van der Waals surface area (Å²) in [5.74, 6) is 1.24. The SMILES string of the molecule is CC(C)Cc1cccc(C2(O)CC(C)CC(C)(C)C2)c1. The fourth-order valence-corrected chi connectivity index (χ4v) is 4.21. The fraction of sp³-hybridized carbons (Fsp3) is 0.684.